The fourth-order valence-corrected chi connectivity index (χ4v) is 2.87. The number of anilines is 1. The SMILES string of the molecule is C[C@H](c1ccc(S(N)(=O)=O)cc1)N(C)C(=S)Nc1ccc(F)cc1. The molecule has 128 valence electrons. The largest absolute Gasteiger partial charge is 0.345 e. The smallest absolute Gasteiger partial charge is 0.238 e. The number of hydrogen-bond donors (Lipinski definition) is 2. The van der Waals surface area contributed by atoms with Crippen LogP contribution < -0.4 is 10.5 Å². The number of sulfonamides is 1. The number of rotatable bonds is 4. The molecule has 0 aliphatic rings. The van der Waals surface area contributed by atoms with Crippen molar-refractivity contribution in [3.05, 3.63) is 59.9 Å². The van der Waals surface area contributed by atoms with Crippen molar-refractivity contribution in [3.8, 4) is 0 Å². The Morgan fingerprint density at radius 3 is 2.21 bits per heavy atom. The van der Waals surface area contributed by atoms with Crippen molar-refractivity contribution in [2.45, 2.75) is 17.9 Å². The first kappa shape index (κ1) is 18.3. The molecule has 1 atom stereocenters. The highest BCUT2D eigenvalue weighted by atomic mass is 32.2. The lowest BCUT2D eigenvalue weighted by molar-refractivity contribution is 0.408. The summed E-state index contributed by atoms with van der Waals surface area (Å²) >= 11 is 5.36. The summed E-state index contributed by atoms with van der Waals surface area (Å²) in [6.07, 6.45) is 0. The van der Waals surface area contributed by atoms with Gasteiger partial charge in [-0.1, -0.05) is 12.1 Å². The molecule has 2 aromatic rings. The zero-order valence-corrected chi connectivity index (χ0v) is 14.9. The van der Waals surface area contributed by atoms with E-state index in [9.17, 15) is 12.8 Å². The Balaban J connectivity index is 2.09. The van der Waals surface area contributed by atoms with Crippen LogP contribution >= 0.6 is 12.2 Å². The average Bonchev–Trinajstić information content (AvgIpc) is 2.55. The highest BCUT2D eigenvalue weighted by Gasteiger charge is 2.16. The topological polar surface area (TPSA) is 75.4 Å². The van der Waals surface area contributed by atoms with Crippen LogP contribution in [0, 0.1) is 5.82 Å². The first-order valence-corrected chi connectivity index (χ1v) is 9.06. The van der Waals surface area contributed by atoms with E-state index >= 15 is 0 Å². The summed E-state index contributed by atoms with van der Waals surface area (Å²) in [6.45, 7) is 1.94. The Morgan fingerprint density at radius 1 is 1.17 bits per heavy atom. The lowest BCUT2D eigenvalue weighted by atomic mass is 10.1. The molecule has 0 heterocycles. The van der Waals surface area contributed by atoms with Gasteiger partial charge in [0.2, 0.25) is 10.0 Å². The van der Waals surface area contributed by atoms with Gasteiger partial charge >= 0.3 is 0 Å². The van der Waals surface area contributed by atoms with Gasteiger partial charge in [-0.25, -0.2) is 17.9 Å². The molecule has 0 fully saturated rings. The summed E-state index contributed by atoms with van der Waals surface area (Å²) < 4.78 is 35.5. The molecule has 5 nitrogen and oxygen atoms in total. The molecule has 0 bridgehead atoms. The van der Waals surface area contributed by atoms with E-state index in [-0.39, 0.29) is 16.8 Å². The first-order valence-electron chi connectivity index (χ1n) is 7.10. The zero-order valence-electron chi connectivity index (χ0n) is 13.2. The van der Waals surface area contributed by atoms with Crippen LogP contribution in [0.5, 0.6) is 0 Å². The second-order valence-corrected chi connectivity index (χ2v) is 7.29. The third-order valence-corrected chi connectivity index (χ3v) is 5.01. The molecule has 2 aromatic carbocycles. The maximum atomic E-state index is 12.9. The van der Waals surface area contributed by atoms with Crippen molar-refractivity contribution in [1.82, 2.24) is 4.90 Å². The molecule has 0 saturated carbocycles. The number of benzene rings is 2. The van der Waals surface area contributed by atoms with Crippen molar-refractivity contribution in [2.75, 3.05) is 12.4 Å². The van der Waals surface area contributed by atoms with Gasteiger partial charge < -0.3 is 10.2 Å². The lowest BCUT2D eigenvalue weighted by Gasteiger charge is -2.28. The Kier molecular flexibility index (Phi) is 5.53. The van der Waals surface area contributed by atoms with E-state index in [2.05, 4.69) is 5.32 Å². The molecule has 3 N–H and O–H groups in total. The monoisotopic (exact) mass is 367 g/mol. The number of nitrogens with one attached hydrogen (secondary N) is 1. The van der Waals surface area contributed by atoms with Gasteiger partial charge in [0, 0.05) is 12.7 Å². The van der Waals surface area contributed by atoms with Gasteiger partial charge in [0.1, 0.15) is 5.82 Å². The van der Waals surface area contributed by atoms with Gasteiger partial charge in [-0.3, -0.25) is 0 Å². The van der Waals surface area contributed by atoms with Crippen molar-refractivity contribution < 1.29 is 12.8 Å². The number of nitrogens with zero attached hydrogens (tertiary/aromatic N) is 1. The second-order valence-electron chi connectivity index (χ2n) is 5.34. The van der Waals surface area contributed by atoms with Crippen molar-refractivity contribution in [2.24, 2.45) is 5.14 Å². The summed E-state index contributed by atoms with van der Waals surface area (Å²) in [4.78, 5) is 1.89. The lowest BCUT2D eigenvalue weighted by Crippen LogP contribution is -2.33. The van der Waals surface area contributed by atoms with Crippen LogP contribution in [0.15, 0.2) is 53.4 Å². The first-order chi connectivity index (χ1) is 11.2. The van der Waals surface area contributed by atoms with E-state index in [4.69, 9.17) is 17.4 Å². The van der Waals surface area contributed by atoms with E-state index in [0.29, 0.717) is 10.8 Å². The molecule has 0 aliphatic carbocycles. The summed E-state index contributed by atoms with van der Waals surface area (Å²) in [7, 11) is -1.89. The maximum absolute atomic E-state index is 12.9. The molecule has 0 spiro atoms. The van der Waals surface area contributed by atoms with E-state index < -0.39 is 10.0 Å². The fourth-order valence-electron chi connectivity index (χ4n) is 2.08. The molecule has 8 heteroatoms. The quantitative estimate of drug-likeness (QED) is 0.813. The minimum Gasteiger partial charge on any atom is -0.345 e. The number of halogens is 1. The Morgan fingerprint density at radius 2 is 1.71 bits per heavy atom. The molecule has 2 rings (SSSR count). The van der Waals surface area contributed by atoms with Crippen LogP contribution in [0.4, 0.5) is 10.1 Å². The van der Waals surface area contributed by atoms with E-state index in [0.717, 1.165) is 5.56 Å². The van der Waals surface area contributed by atoms with Gasteiger partial charge in [-0.2, -0.15) is 0 Å². The standard InChI is InChI=1S/C16H18FN3O2S2/c1-11(12-3-9-15(10-4-12)24(18,21)22)20(2)16(23)19-14-7-5-13(17)6-8-14/h3-11H,1-2H3,(H,19,23)(H2,18,21,22)/t11-/m1/s1. The third-order valence-electron chi connectivity index (χ3n) is 3.69. The molecular weight excluding hydrogens is 349 g/mol. The predicted octanol–water partition coefficient (Wildman–Crippen LogP) is 2.86. The van der Waals surface area contributed by atoms with Gasteiger partial charge in [0.05, 0.1) is 10.9 Å². The summed E-state index contributed by atoms with van der Waals surface area (Å²) in [5.74, 6) is -0.317. The molecule has 0 aromatic heterocycles. The van der Waals surface area contributed by atoms with Crippen molar-refractivity contribution in [3.63, 3.8) is 0 Å². The molecular formula is C16H18FN3O2S2. The molecule has 0 radical (unpaired) electrons. The number of thiocarbonyl (C=S) groups is 1. The normalized spacial score (nSPS) is 12.5. The molecule has 0 amide bonds. The number of nitrogens with two attached hydrogens (primary N) is 1. The highest BCUT2D eigenvalue weighted by Crippen LogP contribution is 2.21. The minimum atomic E-state index is -3.71. The number of primary sulfonamides is 1. The maximum Gasteiger partial charge on any atom is 0.238 e. The van der Waals surface area contributed by atoms with Crippen molar-refractivity contribution >= 4 is 33.0 Å². The number of hydrogen-bond acceptors (Lipinski definition) is 3. The van der Waals surface area contributed by atoms with Crippen LogP contribution in [-0.4, -0.2) is 25.5 Å². The average molecular weight is 367 g/mol. The van der Waals surface area contributed by atoms with Gasteiger partial charge in [0.15, 0.2) is 5.11 Å². The fraction of sp³-hybridized carbons (Fsp3) is 0.188. The Labute approximate surface area is 146 Å². The zero-order chi connectivity index (χ0) is 17.9. The van der Waals surface area contributed by atoms with E-state index in [1.54, 1.807) is 24.3 Å². The van der Waals surface area contributed by atoms with E-state index in [1.807, 2.05) is 18.9 Å². The van der Waals surface area contributed by atoms with Crippen LogP contribution in [0.1, 0.15) is 18.5 Å². The van der Waals surface area contributed by atoms with Gasteiger partial charge in [-0.15, -0.1) is 0 Å². The summed E-state index contributed by atoms with van der Waals surface area (Å²) in [5.41, 5.74) is 1.57. The van der Waals surface area contributed by atoms with E-state index in [1.165, 1.54) is 24.3 Å². The van der Waals surface area contributed by atoms with Gasteiger partial charge in [0.25, 0.3) is 0 Å². The van der Waals surface area contributed by atoms with Crippen LogP contribution in [0.3, 0.4) is 0 Å². The second kappa shape index (κ2) is 7.25. The Hall–Kier alpha value is -2.03. The molecule has 0 aliphatic heterocycles. The van der Waals surface area contributed by atoms with Crippen LogP contribution in [0.25, 0.3) is 0 Å². The Bertz CT molecular complexity index is 821. The summed E-state index contributed by atoms with van der Waals surface area (Å²) in [5, 5.41) is 8.58. The van der Waals surface area contributed by atoms with Crippen molar-refractivity contribution in [1.29, 1.82) is 0 Å². The minimum absolute atomic E-state index is 0.0631. The van der Waals surface area contributed by atoms with Crippen LogP contribution in [-0.2, 0) is 10.0 Å². The highest BCUT2D eigenvalue weighted by molar-refractivity contribution is 7.89. The summed E-state index contributed by atoms with van der Waals surface area (Å²) in [6, 6.07) is 12.1. The molecule has 0 saturated heterocycles. The predicted molar refractivity (Wildman–Crippen MR) is 96.6 cm³/mol. The van der Waals surface area contributed by atoms with Gasteiger partial charge in [-0.05, 0) is 61.1 Å². The third kappa shape index (κ3) is 4.50. The van der Waals surface area contributed by atoms with Crippen LogP contribution in [0.2, 0.25) is 0 Å². The molecule has 24 heavy (non-hydrogen) atoms. The molecule has 0 unspecified atom stereocenters.